The van der Waals surface area contributed by atoms with E-state index >= 15 is 0 Å². The third-order valence-corrected chi connectivity index (χ3v) is 5.09. The molecule has 1 fully saturated rings. The predicted molar refractivity (Wildman–Crippen MR) is 104 cm³/mol. The Hall–Kier alpha value is -2.40. The predicted octanol–water partition coefficient (Wildman–Crippen LogP) is 2.48. The number of nitrogens with zero attached hydrogens (tertiary/aromatic N) is 2. The van der Waals surface area contributed by atoms with E-state index in [1.54, 1.807) is 16.8 Å². The van der Waals surface area contributed by atoms with Crippen LogP contribution in [-0.2, 0) is 6.54 Å². The summed E-state index contributed by atoms with van der Waals surface area (Å²) in [5.74, 6) is 0.393. The minimum atomic E-state index is -0.179. The van der Waals surface area contributed by atoms with Crippen molar-refractivity contribution in [3.05, 3.63) is 70.1 Å². The number of carbonyl (C=O) groups excluding carboxylic acids is 1. The molecule has 1 amide bonds. The van der Waals surface area contributed by atoms with Crippen LogP contribution in [0.25, 0.3) is 0 Å². The topological polar surface area (TPSA) is 54.3 Å². The van der Waals surface area contributed by atoms with Gasteiger partial charge in [-0.2, -0.15) is 0 Å². The number of piperidine rings is 1. The molecule has 0 unspecified atom stereocenters. The first kappa shape index (κ1) is 18.4. The van der Waals surface area contributed by atoms with Crippen molar-refractivity contribution >= 4 is 5.91 Å². The normalized spacial score (nSPS) is 17.8. The molecule has 0 bridgehead atoms. The molecule has 1 aliphatic rings. The van der Waals surface area contributed by atoms with E-state index in [-0.39, 0.29) is 11.5 Å². The van der Waals surface area contributed by atoms with Crippen LogP contribution in [0.1, 0.15) is 41.6 Å². The number of likely N-dealkylation sites (tertiary alicyclic amines) is 1. The largest absolute Gasteiger partial charge is 0.351 e. The first-order valence-electron chi connectivity index (χ1n) is 9.43. The third-order valence-electron chi connectivity index (χ3n) is 5.09. The second kappa shape index (κ2) is 8.81. The van der Waals surface area contributed by atoms with E-state index in [1.165, 1.54) is 24.5 Å². The quantitative estimate of drug-likeness (QED) is 0.868. The molecule has 26 heavy (non-hydrogen) atoms. The molecule has 1 aromatic heterocycles. The van der Waals surface area contributed by atoms with Gasteiger partial charge in [0.2, 0.25) is 0 Å². The summed E-state index contributed by atoms with van der Waals surface area (Å²) < 4.78 is 1.58. The number of rotatable bonds is 6. The van der Waals surface area contributed by atoms with Gasteiger partial charge in [0.1, 0.15) is 0 Å². The summed E-state index contributed by atoms with van der Waals surface area (Å²) in [5.41, 5.74) is 1.69. The second-order valence-corrected chi connectivity index (χ2v) is 6.85. The number of aryl methyl sites for hydroxylation is 1. The standard InChI is InChI=1S/C21H27N3O2/c1-2-24-13-10-18(15-20(24)25)21(26)22-11-14-23-12-6-9-19(16-23)17-7-4-3-5-8-17/h3-5,7-8,10,13,15,19H,2,6,9,11-12,14,16H2,1H3,(H,22,26)/t19-/m0/s1. The molecule has 1 atom stereocenters. The van der Waals surface area contributed by atoms with Crippen LogP contribution >= 0.6 is 0 Å². The van der Waals surface area contributed by atoms with Crippen molar-refractivity contribution < 1.29 is 4.79 Å². The molecule has 1 aliphatic heterocycles. The van der Waals surface area contributed by atoms with Crippen LogP contribution in [0.4, 0.5) is 0 Å². The molecule has 0 aliphatic carbocycles. The van der Waals surface area contributed by atoms with Gasteiger partial charge in [0.05, 0.1) is 0 Å². The van der Waals surface area contributed by atoms with Crippen LogP contribution < -0.4 is 10.9 Å². The van der Waals surface area contributed by atoms with Gasteiger partial charge in [-0.25, -0.2) is 0 Å². The SMILES string of the molecule is CCn1ccc(C(=O)NCCN2CCC[C@H](c3ccccc3)C2)cc1=O. The first-order valence-corrected chi connectivity index (χ1v) is 9.43. The zero-order valence-electron chi connectivity index (χ0n) is 15.4. The Kier molecular flexibility index (Phi) is 6.23. The highest BCUT2D eigenvalue weighted by atomic mass is 16.2. The zero-order chi connectivity index (χ0) is 18.4. The number of benzene rings is 1. The Morgan fingerprint density at radius 2 is 2.04 bits per heavy atom. The van der Waals surface area contributed by atoms with Gasteiger partial charge in [-0.1, -0.05) is 30.3 Å². The van der Waals surface area contributed by atoms with Gasteiger partial charge in [-0.15, -0.1) is 0 Å². The van der Waals surface area contributed by atoms with Crippen molar-refractivity contribution in [1.29, 1.82) is 0 Å². The molecule has 0 spiro atoms. The average Bonchev–Trinajstić information content (AvgIpc) is 2.69. The van der Waals surface area contributed by atoms with Gasteiger partial charge in [-0.05, 0) is 43.9 Å². The van der Waals surface area contributed by atoms with Gasteiger partial charge in [0.15, 0.2) is 0 Å². The highest BCUT2D eigenvalue weighted by molar-refractivity contribution is 5.93. The highest BCUT2D eigenvalue weighted by Gasteiger charge is 2.20. The van der Waals surface area contributed by atoms with Crippen molar-refractivity contribution in [3.8, 4) is 0 Å². The fourth-order valence-corrected chi connectivity index (χ4v) is 3.60. The summed E-state index contributed by atoms with van der Waals surface area (Å²) in [6, 6.07) is 13.8. The molecule has 0 radical (unpaired) electrons. The van der Waals surface area contributed by atoms with Gasteiger partial charge < -0.3 is 14.8 Å². The third kappa shape index (κ3) is 4.61. The number of nitrogens with one attached hydrogen (secondary N) is 1. The minimum Gasteiger partial charge on any atom is -0.351 e. The number of aromatic nitrogens is 1. The molecule has 1 N–H and O–H groups in total. The number of hydrogen-bond acceptors (Lipinski definition) is 3. The van der Waals surface area contributed by atoms with Gasteiger partial charge in [0.25, 0.3) is 11.5 Å². The van der Waals surface area contributed by atoms with E-state index < -0.39 is 0 Å². The lowest BCUT2D eigenvalue weighted by atomic mass is 9.91. The summed E-state index contributed by atoms with van der Waals surface area (Å²) in [4.78, 5) is 26.5. The van der Waals surface area contributed by atoms with Crippen molar-refractivity contribution in [2.75, 3.05) is 26.2 Å². The fourth-order valence-electron chi connectivity index (χ4n) is 3.60. The van der Waals surface area contributed by atoms with Gasteiger partial charge in [0, 0.05) is 44.0 Å². The Morgan fingerprint density at radius 3 is 2.77 bits per heavy atom. The molecule has 2 heterocycles. The Labute approximate surface area is 154 Å². The Morgan fingerprint density at radius 1 is 1.23 bits per heavy atom. The van der Waals surface area contributed by atoms with Crippen LogP contribution in [-0.4, -0.2) is 41.6 Å². The van der Waals surface area contributed by atoms with Crippen LogP contribution in [0.3, 0.4) is 0 Å². The summed E-state index contributed by atoms with van der Waals surface area (Å²) in [6.07, 6.45) is 4.08. The summed E-state index contributed by atoms with van der Waals surface area (Å²) in [7, 11) is 0. The lowest BCUT2D eigenvalue weighted by Gasteiger charge is -2.33. The van der Waals surface area contributed by atoms with Crippen molar-refractivity contribution in [2.24, 2.45) is 0 Å². The maximum atomic E-state index is 12.2. The number of carbonyl (C=O) groups is 1. The van der Waals surface area contributed by atoms with Crippen molar-refractivity contribution in [3.63, 3.8) is 0 Å². The number of pyridine rings is 1. The summed E-state index contributed by atoms with van der Waals surface area (Å²) >= 11 is 0. The van der Waals surface area contributed by atoms with E-state index in [9.17, 15) is 9.59 Å². The first-order chi connectivity index (χ1) is 12.7. The van der Waals surface area contributed by atoms with E-state index in [0.717, 1.165) is 19.6 Å². The Balaban J connectivity index is 1.49. The fraction of sp³-hybridized carbons (Fsp3) is 0.429. The highest BCUT2D eigenvalue weighted by Crippen LogP contribution is 2.26. The molecule has 1 aromatic carbocycles. The molecule has 138 valence electrons. The molecule has 0 saturated carbocycles. The summed E-state index contributed by atoms with van der Waals surface area (Å²) in [5, 5.41) is 2.94. The molecule has 3 rings (SSSR count). The van der Waals surface area contributed by atoms with Crippen molar-refractivity contribution in [2.45, 2.75) is 32.2 Å². The van der Waals surface area contributed by atoms with Gasteiger partial charge >= 0.3 is 0 Å². The number of amides is 1. The smallest absolute Gasteiger partial charge is 0.251 e. The van der Waals surface area contributed by atoms with Crippen LogP contribution in [0, 0.1) is 0 Å². The lowest BCUT2D eigenvalue weighted by Crippen LogP contribution is -2.40. The molecule has 1 saturated heterocycles. The summed E-state index contributed by atoms with van der Waals surface area (Å²) in [6.45, 7) is 6.05. The molecule has 2 aromatic rings. The maximum Gasteiger partial charge on any atom is 0.251 e. The van der Waals surface area contributed by atoms with Crippen LogP contribution in [0.5, 0.6) is 0 Å². The van der Waals surface area contributed by atoms with E-state index in [0.29, 0.717) is 24.6 Å². The van der Waals surface area contributed by atoms with Crippen LogP contribution in [0.2, 0.25) is 0 Å². The second-order valence-electron chi connectivity index (χ2n) is 6.85. The van der Waals surface area contributed by atoms with E-state index in [4.69, 9.17) is 0 Å². The minimum absolute atomic E-state index is 0.137. The molecular formula is C21H27N3O2. The van der Waals surface area contributed by atoms with Crippen LogP contribution in [0.15, 0.2) is 53.5 Å². The monoisotopic (exact) mass is 353 g/mol. The molecular weight excluding hydrogens is 326 g/mol. The molecule has 5 heteroatoms. The van der Waals surface area contributed by atoms with E-state index in [1.807, 2.05) is 6.92 Å². The maximum absolute atomic E-state index is 12.2. The number of hydrogen-bond donors (Lipinski definition) is 1. The molecule has 5 nitrogen and oxygen atoms in total. The average molecular weight is 353 g/mol. The lowest BCUT2D eigenvalue weighted by molar-refractivity contribution is 0.0945. The van der Waals surface area contributed by atoms with E-state index in [2.05, 4.69) is 40.5 Å². The van der Waals surface area contributed by atoms with Crippen molar-refractivity contribution in [1.82, 2.24) is 14.8 Å². The zero-order valence-corrected chi connectivity index (χ0v) is 15.4. The Bertz CT molecular complexity index is 785. The van der Waals surface area contributed by atoms with Gasteiger partial charge in [-0.3, -0.25) is 9.59 Å².